The lowest BCUT2D eigenvalue weighted by Crippen LogP contribution is -2.34. The van der Waals surface area contributed by atoms with Gasteiger partial charge in [0.1, 0.15) is 0 Å². The van der Waals surface area contributed by atoms with Gasteiger partial charge in [-0.25, -0.2) is 0 Å². The van der Waals surface area contributed by atoms with Gasteiger partial charge in [-0.05, 0) is 44.4 Å². The monoisotopic (exact) mass is 270 g/mol. The molecular weight excluding hydrogens is 248 g/mol. The summed E-state index contributed by atoms with van der Waals surface area (Å²) >= 11 is 1.38. The van der Waals surface area contributed by atoms with Crippen LogP contribution in [0.3, 0.4) is 0 Å². The molecule has 0 aromatic carbocycles. The maximum absolute atomic E-state index is 5.79. The minimum atomic E-state index is 0.489. The summed E-state index contributed by atoms with van der Waals surface area (Å²) in [6.07, 6.45) is 2.56. The molecule has 0 aliphatic carbocycles. The first-order valence-corrected chi connectivity index (χ1v) is 7.39. The zero-order valence-corrected chi connectivity index (χ0v) is 11.9. The van der Waals surface area contributed by atoms with E-state index in [4.69, 9.17) is 10.5 Å². The molecule has 3 N–H and O–H groups in total. The van der Waals surface area contributed by atoms with E-state index < -0.39 is 0 Å². The molecule has 1 aromatic rings. The molecule has 0 bridgehead atoms. The molecule has 1 unspecified atom stereocenters. The summed E-state index contributed by atoms with van der Waals surface area (Å²) in [7, 11) is 0. The lowest BCUT2D eigenvalue weighted by Gasteiger charge is -2.23. The van der Waals surface area contributed by atoms with Crippen LogP contribution in [0.15, 0.2) is 0 Å². The number of hydrogen-bond donors (Lipinski definition) is 2. The Morgan fingerprint density at radius 2 is 2.39 bits per heavy atom. The van der Waals surface area contributed by atoms with Gasteiger partial charge in [-0.2, -0.15) is 4.37 Å². The lowest BCUT2D eigenvalue weighted by atomic mass is 10.2. The quantitative estimate of drug-likeness (QED) is 0.828. The first-order chi connectivity index (χ1) is 8.76. The number of ether oxygens (including phenoxy) is 1. The fourth-order valence-corrected chi connectivity index (χ4v) is 3.11. The molecule has 1 atom stereocenters. The number of aromatic nitrogens is 1. The summed E-state index contributed by atoms with van der Waals surface area (Å²) in [6.45, 7) is 8.06. The molecule has 5 nitrogen and oxygen atoms in total. The van der Waals surface area contributed by atoms with Crippen LogP contribution in [0.4, 0.5) is 10.8 Å². The molecule has 1 aromatic heterocycles. The molecule has 102 valence electrons. The number of hydrogen-bond acceptors (Lipinski definition) is 6. The lowest BCUT2D eigenvalue weighted by molar-refractivity contribution is 0.277. The number of likely N-dealkylation sites (N-methyl/N-ethyl adjacent to an activating group) is 1. The highest BCUT2D eigenvalue weighted by molar-refractivity contribution is 7.11. The molecule has 1 aliphatic heterocycles. The zero-order chi connectivity index (χ0) is 13.0. The van der Waals surface area contributed by atoms with Crippen molar-refractivity contribution in [2.75, 3.05) is 37.3 Å². The number of rotatable bonds is 6. The molecule has 2 rings (SSSR count). The standard InChI is InChI=1S/C12H22N4OS/c1-3-16-7-5-6-9(16)8-14-12-10(17-4-2)11(13)15-18-12/h9,14H,3-8H2,1-2H3,(H2,13,15). The Kier molecular flexibility index (Phi) is 4.66. The topological polar surface area (TPSA) is 63.4 Å². The van der Waals surface area contributed by atoms with E-state index in [1.807, 2.05) is 6.92 Å². The van der Waals surface area contributed by atoms with Gasteiger partial charge < -0.3 is 15.8 Å². The number of likely N-dealkylation sites (tertiary alicyclic amines) is 1. The highest BCUT2D eigenvalue weighted by Crippen LogP contribution is 2.35. The number of nitrogens with two attached hydrogens (primary N) is 1. The zero-order valence-electron chi connectivity index (χ0n) is 11.1. The van der Waals surface area contributed by atoms with Crippen LogP contribution in [0, 0.1) is 0 Å². The third-order valence-corrected chi connectivity index (χ3v) is 4.17. The van der Waals surface area contributed by atoms with Crippen molar-refractivity contribution in [3.63, 3.8) is 0 Å². The average molecular weight is 270 g/mol. The van der Waals surface area contributed by atoms with E-state index in [0.717, 1.165) is 18.1 Å². The number of nitrogen functional groups attached to an aromatic ring is 1. The Labute approximate surface area is 112 Å². The van der Waals surface area contributed by atoms with Crippen LogP contribution < -0.4 is 15.8 Å². The molecular formula is C12H22N4OS. The molecule has 0 amide bonds. The number of anilines is 2. The van der Waals surface area contributed by atoms with E-state index in [2.05, 4.69) is 21.5 Å². The van der Waals surface area contributed by atoms with E-state index in [1.54, 1.807) is 0 Å². The van der Waals surface area contributed by atoms with E-state index in [-0.39, 0.29) is 0 Å². The summed E-state index contributed by atoms with van der Waals surface area (Å²) in [5, 5.41) is 4.39. The molecule has 6 heteroatoms. The highest BCUT2D eigenvalue weighted by Gasteiger charge is 2.23. The third-order valence-electron chi connectivity index (χ3n) is 3.37. The van der Waals surface area contributed by atoms with E-state index >= 15 is 0 Å². The molecule has 1 saturated heterocycles. The average Bonchev–Trinajstić information content (AvgIpc) is 2.96. The second-order valence-corrected chi connectivity index (χ2v) is 5.24. The second kappa shape index (κ2) is 6.24. The Morgan fingerprint density at radius 1 is 1.56 bits per heavy atom. The van der Waals surface area contributed by atoms with Gasteiger partial charge in [-0.15, -0.1) is 0 Å². The molecule has 1 aliphatic rings. The van der Waals surface area contributed by atoms with Crippen LogP contribution in [0.2, 0.25) is 0 Å². The Balaban J connectivity index is 1.93. The van der Waals surface area contributed by atoms with E-state index in [9.17, 15) is 0 Å². The highest BCUT2D eigenvalue weighted by atomic mass is 32.1. The first kappa shape index (κ1) is 13.4. The van der Waals surface area contributed by atoms with Crippen LogP contribution in [-0.2, 0) is 0 Å². The molecule has 2 heterocycles. The van der Waals surface area contributed by atoms with Gasteiger partial charge in [0.25, 0.3) is 0 Å². The van der Waals surface area contributed by atoms with Crippen LogP contribution >= 0.6 is 11.5 Å². The van der Waals surface area contributed by atoms with Crippen molar-refractivity contribution in [2.24, 2.45) is 0 Å². The smallest absolute Gasteiger partial charge is 0.197 e. The predicted octanol–water partition coefficient (Wildman–Crippen LogP) is 2.02. The first-order valence-electron chi connectivity index (χ1n) is 6.62. The summed E-state index contributed by atoms with van der Waals surface area (Å²) in [5.74, 6) is 1.20. The van der Waals surface area contributed by atoms with Gasteiger partial charge in [-0.1, -0.05) is 6.92 Å². The molecule has 0 radical (unpaired) electrons. The maximum Gasteiger partial charge on any atom is 0.197 e. The van der Waals surface area contributed by atoms with Crippen LogP contribution in [0.1, 0.15) is 26.7 Å². The van der Waals surface area contributed by atoms with E-state index in [1.165, 1.54) is 30.9 Å². The Bertz CT molecular complexity index is 382. The van der Waals surface area contributed by atoms with Gasteiger partial charge in [-0.3, -0.25) is 4.90 Å². The van der Waals surface area contributed by atoms with Crippen molar-refractivity contribution in [1.82, 2.24) is 9.27 Å². The SMILES string of the molecule is CCOc1c(N)nsc1NCC1CCCN1CC. The Hall–Kier alpha value is -1.01. The van der Waals surface area contributed by atoms with Crippen LogP contribution in [0.5, 0.6) is 5.75 Å². The molecule has 0 spiro atoms. The van der Waals surface area contributed by atoms with Crippen molar-refractivity contribution in [3.8, 4) is 5.75 Å². The van der Waals surface area contributed by atoms with Crippen LogP contribution in [-0.4, -0.2) is 41.6 Å². The molecule has 18 heavy (non-hydrogen) atoms. The van der Waals surface area contributed by atoms with Gasteiger partial charge in [0.05, 0.1) is 6.61 Å². The van der Waals surface area contributed by atoms with Gasteiger partial charge in [0, 0.05) is 12.6 Å². The van der Waals surface area contributed by atoms with Crippen molar-refractivity contribution in [2.45, 2.75) is 32.7 Å². The fraction of sp³-hybridized carbons (Fsp3) is 0.750. The summed E-state index contributed by atoms with van der Waals surface area (Å²) < 4.78 is 9.66. The predicted molar refractivity (Wildman–Crippen MR) is 76.5 cm³/mol. The Morgan fingerprint density at radius 3 is 3.11 bits per heavy atom. The normalized spacial score (nSPS) is 20.2. The minimum absolute atomic E-state index is 0.489. The summed E-state index contributed by atoms with van der Waals surface area (Å²) in [5.41, 5.74) is 5.79. The largest absolute Gasteiger partial charge is 0.487 e. The van der Waals surface area contributed by atoms with Gasteiger partial charge in [0.2, 0.25) is 0 Å². The summed E-state index contributed by atoms with van der Waals surface area (Å²) in [4.78, 5) is 2.51. The maximum atomic E-state index is 5.79. The fourth-order valence-electron chi connectivity index (χ4n) is 2.44. The second-order valence-electron chi connectivity index (χ2n) is 4.46. The van der Waals surface area contributed by atoms with Crippen molar-refractivity contribution < 1.29 is 4.74 Å². The third kappa shape index (κ3) is 2.87. The van der Waals surface area contributed by atoms with Crippen molar-refractivity contribution in [1.29, 1.82) is 0 Å². The summed E-state index contributed by atoms with van der Waals surface area (Å²) in [6, 6.07) is 0.618. The van der Waals surface area contributed by atoms with Gasteiger partial charge in [0.15, 0.2) is 16.6 Å². The number of nitrogens with one attached hydrogen (secondary N) is 1. The van der Waals surface area contributed by atoms with Crippen molar-refractivity contribution >= 4 is 22.4 Å². The van der Waals surface area contributed by atoms with Crippen LogP contribution in [0.25, 0.3) is 0 Å². The molecule has 1 fully saturated rings. The minimum Gasteiger partial charge on any atom is -0.487 e. The van der Waals surface area contributed by atoms with Crippen molar-refractivity contribution in [3.05, 3.63) is 0 Å². The van der Waals surface area contributed by atoms with E-state index in [0.29, 0.717) is 24.2 Å². The van der Waals surface area contributed by atoms with Gasteiger partial charge >= 0.3 is 0 Å². The molecule has 0 saturated carbocycles. The number of nitrogens with zero attached hydrogens (tertiary/aromatic N) is 2.